The van der Waals surface area contributed by atoms with Crippen LogP contribution in [-0.4, -0.2) is 74.4 Å². The van der Waals surface area contributed by atoms with Crippen molar-refractivity contribution < 1.29 is 28.7 Å². The molecule has 4 aromatic carbocycles. The molecule has 2 unspecified atom stereocenters. The number of hydrogen-bond acceptors (Lipinski definition) is 10. The maximum atomic E-state index is 13.0. The predicted molar refractivity (Wildman–Crippen MR) is 200 cm³/mol. The molecule has 0 amide bonds. The highest BCUT2D eigenvalue weighted by atomic mass is 33.1. The van der Waals surface area contributed by atoms with Crippen LogP contribution >= 0.6 is 21.6 Å². The maximum Gasteiger partial charge on any atom is 0.323 e. The van der Waals surface area contributed by atoms with Crippen LogP contribution < -0.4 is 10.6 Å². The summed E-state index contributed by atoms with van der Waals surface area (Å²) in [7, 11) is 5.51. The first-order valence-electron chi connectivity index (χ1n) is 16.7. The first-order valence-corrected chi connectivity index (χ1v) is 19.2. The highest BCUT2D eigenvalue weighted by Crippen LogP contribution is 2.38. The van der Waals surface area contributed by atoms with E-state index in [-0.39, 0.29) is 24.4 Å². The number of ether oxygens (including phenoxy) is 2. The van der Waals surface area contributed by atoms with Crippen LogP contribution in [0.1, 0.15) is 55.8 Å². The van der Waals surface area contributed by atoms with Crippen LogP contribution in [0, 0.1) is 0 Å². The Morgan fingerprint density at radius 3 is 1.40 bits per heavy atom. The van der Waals surface area contributed by atoms with Gasteiger partial charge in [0.2, 0.25) is 0 Å². The predicted octanol–water partition coefficient (Wildman–Crippen LogP) is 6.32. The summed E-state index contributed by atoms with van der Waals surface area (Å²) >= 11 is 0. The van der Waals surface area contributed by atoms with E-state index in [1.807, 2.05) is 60.7 Å². The standard InChI is InChI=1S/C40H40N2O6S2/c1-47-39(45)35(41-17-15-37(43)27-11-13-33-29(21-27)19-25-7-3-5-9-31(25)33)23-49-50-24-36(40(46)48-2)42-18-16-38(44)28-12-14-34-30(22-28)20-26-8-4-6-10-32(26)34/h3-14,21-22,35-36,41-42H,15-20,23-24H2,1-2H3. The van der Waals surface area contributed by atoms with E-state index in [2.05, 4.69) is 34.9 Å². The van der Waals surface area contributed by atoms with Crippen LogP contribution in [0.15, 0.2) is 84.9 Å². The Balaban J connectivity index is 0.934. The lowest BCUT2D eigenvalue weighted by atomic mass is 10.0. The van der Waals surface area contributed by atoms with Gasteiger partial charge in [-0.25, -0.2) is 0 Å². The van der Waals surface area contributed by atoms with Crippen molar-refractivity contribution in [1.29, 1.82) is 0 Å². The number of rotatable bonds is 17. The molecule has 50 heavy (non-hydrogen) atoms. The Hall–Kier alpha value is -4.22. The molecule has 4 aromatic rings. The molecule has 0 saturated carbocycles. The number of hydrogen-bond donors (Lipinski definition) is 2. The first-order chi connectivity index (χ1) is 24.4. The molecule has 2 aliphatic carbocycles. The van der Waals surface area contributed by atoms with Gasteiger partial charge in [-0.2, -0.15) is 0 Å². The number of fused-ring (bicyclic) bond motifs is 6. The zero-order valence-corrected chi connectivity index (χ0v) is 29.8. The molecule has 6 rings (SSSR count). The van der Waals surface area contributed by atoms with Gasteiger partial charge in [0.05, 0.1) is 14.2 Å². The largest absolute Gasteiger partial charge is 0.468 e. The van der Waals surface area contributed by atoms with Gasteiger partial charge < -0.3 is 20.1 Å². The van der Waals surface area contributed by atoms with Crippen molar-refractivity contribution in [2.75, 3.05) is 38.8 Å². The molecular weight excluding hydrogens is 669 g/mol. The first kappa shape index (κ1) is 35.6. The van der Waals surface area contributed by atoms with Gasteiger partial charge in [0, 0.05) is 48.6 Å². The number of esters is 2. The molecule has 2 atom stereocenters. The minimum Gasteiger partial charge on any atom is -0.468 e. The van der Waals surface area contributed by atoms with Gasteiger partial charge in [0.25, 0.3) is 0 Å². The van der Waals surface area contributed by atoms with Gasteiger partial charge in [-0.15, -0.1) is 0 Å². The highest BCUT2D eigenvalue weighted by molar-refractivity contribution is 8.76. The molecule has 0 fully saturated rings. The van der Waals surface area contributed by atoms with Gasteiger partial charge in [0.15, 0.2) is 11.6 Å². The molecule has 0 bridgehead atoms. The minimum absolute atomic E-state index is 0.00844. The summed E-state index contributed by atoms with van der Waals surface area (Å²) in [6.07, 6.45) is 2.12. The third-order valence-electron chi connectivity index (χ3n) is 9.24. The Labute approximate surface area is 300 Å². The normalized spacial score (nSPS) is 13.4. The average Bonchev–Trinajstić information content (AvgIpc) is 3.71. The number of Topliss-reactive ketones (excluding diaryl/α,β-unsaturated/α-hetero) is 2. The Bertz CT molecular complexity index is 1770. The number of ketones is 2. The third-order valence-corrected chi connectivity index (χ3v) is 11.7. The second kappa shape index (κ2) is 16.7. The smallest absolute Gasteiger partial charge is 0.323 e. The van der Waals surface area contributed by atoms with Crippen LogP contribution in [0.25, 0.3) is 22.3 Å². The molecule has 258 valence electrons. The number of methoxy groups -OCH3 is 2. The maximum absolute atomic E-state index is 13.0. The fourth-order valence-corrected chi connectivity index (χ4v) is 8.95. The van der Waals surface area contributed by atoms with Crippen LogP contribution in [-0.2, 0) is 31.9 Å². The molecule has 0 saturated heterocycles. The van der Waals surface area contributed by atoms with E-state index in [4.69, 9.17) is 9.47 Å². The summed E-state index contributed by atoms with van der Waals surface area (Å²) in [4.78, 5) is 51.1. The number of benzene rings is 4. The molecular formula is C40H40N2O6S2. The van der Waals surface area contributed by atoms with E-state index in [9.17, 15) is 19.2 Å². The Morgan fingerprint density at radius 1 is 0.580 bits per heavy atom. The third kappa shape index (κ3) is 8.21. The van der Waals surface area contributed by atoms with Gasteiger partial charge in [0.1, 0.15) is 12.1 Å². The monoisotopic (exact) mass is 708 g/mol. The topological polar surface area (TPSA) is 111 Å². The van der Waals surface area contributed by atoms with Crippen LogP contribution in [0.3, 0.4) is 0 Å². The lowest BCUT2D eigenvalue weighted by Crippen LogP contribution is -2.41. The quantitative estimate of drug-likeness (QED) is 0.0484. The second-order valence-electron chi connectivity index (χ2n) is 12.4. The summed E-state index contributed by atoms with van der Waals surface area (Å²) in [5.74, 6) is -0.0767. The zero-order chi connectivity index (χ0) is 35.0. The zero-order valence-electron chi connectivity index (χ0n) is 28.2. The number of carbonyl (C=O) groups is 4. The minimum atomic E-state index is -0.623. The summed E-state index contributed by atoms with van der Waals surface area (Å²) in [6, 6.07) is 27.1. The van der Waals surface area contributed by atoms with E-state index in [1.165, 1.54) is 69.2 Å². The summed E-state index contributed by atoms with van der Waals surface area (Å²) in [6.45, 7) is 0.636. The van der Waals surface area contributed by atoms with Crippen molar-refractivity contribution in [3.8, 4) is 22.3 Å². The van der Waals surface area contributed by atoms with Crippen molar-refractivity contribution in [3.05, 3.63) is 118 Å². The molecule has 2 N–H and O–H groups in total. The van der Waals surface area contributed by atoms with Crippen LogP contribution in [0.4, 0.5) is 0 Å². The average molecular weight is 709 g/mol. The molecule has 0 aromatic heterocycles. The molecule has 0 spiro atoms. The Morgan fingerprint density at radius 2 is 0.980 bits per heavy atom. The van der Waals surface area contributed by atoms with Crippen molar-refractivity contribution in [3.63, 3.8) is 0 Å². The van der Waals surface area contributed by atoms with Gasteiger partial charge >= 0.3 is 11.9 Å². The van der Waals surface area contributed by atoms with Crippen molar-refractivity contribution in [2.24, 2.45) is 0 Å². The summed E-state index contributed by atoms with van der Waals surface area (Å²) in [5.41, 5.74) is 11.0. The Kier molecular flexibility index (Phi) is 11.9. The number of carbonyl (C=O) groups excluding carboxylic acids is 4. The van der Waals surface area contributed by atoms with E-state index in [1.54, 1.807) is 0 Å². The molecule has 0 aliphatic heterocycles. The summed E-state index contributed by atoms with van der Waals surface area (Å²) < 4.78 is 9.99. The molecule has 10 heteroatoms. The van der Waals surface area contributed by atoms with Crippen LogP contribution in [0.2, 0.25) is 0 Å². The lowest BCUT2D eigenvalue weighted by Gasteiger charge is -2.18. The molecule has 0 heterocycles. The van der Waals surface area contributed by atoms with E-state index >= 15 is 0 Å². The van der Waals surface area contributed by atoms with E-state index in [0.717, 1.165) is 24.0 Å². The molecule has 0 radical (unpaired) electrons. The number of nitrogens with one attached hydrogen (secondary N) is 2. The van der Waals surface area contributed by atoms with Gasteiger partial charge in [-0.3, -0.25) is 19.2 Å². The van der Waals surface area contributed by atoms with Gasteiger partial charge in [-0.05, 0) is 69.5 Å². The van der Waals surface area contributed by atoms with Crippen molar-refractivity contribution in [2.45, 2.75) is 37.8 Å². The highest BCUT2D eigenvalue weighted by Gasteiger charge is 2.24. The van der Waals surface area contributed by atoms with E-state index < -0.39 is 24.0 Å². The van der Waals surface area contributed by atoms with Crippen molar-refractivity contribution >= 4 is 45.1 Å². The SMILES string of the molecule is COC(=O)C(CSSCC(NCCC(=O)c1ccc2c(c1)Cc1ccccc1-2)C(=O)OC)NCCC(=O)c1ccc2c(c1)Cc1ccccc1-2. The molecule has 8 nitrogen and oxygen atoms in total. The van der Waals surface area contributed by atoms with Crippen molar-refractivity contribution in [1.82, 2.24) is 10.6 Å². The fourth-order valence-electron chi connectivity index (χ4n) is 6.58. The molecule has 2 aliphatic rings. The fraction of sp³-hybridized carbons (Fsp3) is 0.300. The van der Waals surface area contributed by atoms with Gasteiger partial charge in [-0.1, -0.05) is 94.4 Å². The van der Waals surface area contributed by atoms with E-state index in [0.29, 0.717) is 35.7 Å². The van der Waals surface area contributed by atoms with Crippen LogP contribution in [0.5, 0.6) is 0 Å². The summed E-state index contributed by atoms with van der Waals surface area (Å²) in [5, 5.41) is 6.34. The second-order valence-corrected chi connectivity index (χ2v) is 14.9. The lowest BCUT2D eigenvalue weighted by molar-refractivity contribution is -0.143.